The Kier molecular flexibility index (Phi) is 3.55. The summed E-state index contributed by atoms with van der Waals surface area (Å²) in [5.74, 6) is 0. The van der Waals surface area contributed by atoms with Crippen LogP contribution in [0.4, 0.5) is 0 Å². The molecular formula is C11H20O4. The summed E-state index contributed by atoms with van der Waals surface area (Å²) >= 11 is 0. The van der Waals surface area contributed by atoms with Crippen molar-refractivity contribution < 1.29 is 19.7 Å². The van der Waals surface area contributed by atoms with E-state index in [4.69, 9.17) is 14.6 Å². The van der Waals surface area contributed by atoms with Crippen LogP contribution >= 0.6 is 0 Å². The van der Waals surface area contributed by atoms with Gasteiger partial charge in [0.25, 0.3) is 0 Å². The molecule has 1 aliphatic heterocycles. The first-order valence-corrected chi connectivity index (χ1v) is 5.11. The van der Waals surface area contributed by atoms with E-state index in [0.29, 0.717) is 0 Å². The third-order valence-electron chi connectivity index (χ3n) is 2.99. The van der Waals surface area contributed by atoms with E-state index in [-0.39, 0.29) is 6.61 Å². The highest BCUT2D eigenvalue weighted by molar-refractivity contribution is 4.99. The minimum atomic E-state index is -0.849. The van der Waals surface area contributed by atoms with Gasteiger partial charge < -0.3 is 19.7 Å². The fourth-order valence-electron chi connectivity index (χ4n) is 1.32. The van der Waals surface area contributed by atoms with Gasteiger partial charge in [-0.15, -0.1) is 0 Å². The summed E-state index contributed by atoms with van der Waals surface area (Å²) in [5, 5.41) is 18.3. The number of ether oxygens (including phenoxy) is 2. The van der Waals surface area contributed by atoms with Crippen LogP contribution in [0.1, 0.15) is 27.7 Å². The zero-order valence-electron chi connectivity index (χ0n) is 9.73. The average Bonchev–Trinajstić information content (AvgIpc) is 2.32. The van der Waals surface area contributed by atoms with Gasteiger partial charge in [-0.3, -0.25) is 0 Å². The molecule has 0 aromatic rings. The third kappa shape index (κ3) is 2.58. The SMILES string of the molecule is CC1(C)OC(C(O)C=CCO)OC1(C)C. The maximum Gasteiger partial charge on any atom is 0.188 e. The van der Waals surface area contributed by atoms with Crippen LogP contribution < -0.4 is 0 Å². The van der Waals surface area contributed by atoms with E-state index in [2.05, 4.69) is 0 Å². The molecule has 1 saturated heterocycles. The second kappa shape index (κ2) is 4.22. The maximum atomic E-state index is 9.70. The lowest BCUT2D eigenvalue weighted by atomic mass is 9.90. The Hall–Kier alpha value is -0.420. The first kappa shape index (κ1) is 12.6. The van der Waals surface area contributed by atoms with Crippen molar-refractivity contribution in [3.05, 3.63) is 12.2 Å². The highest BCUT2D eigenvalue weighted by Crippen LogP contribution is 2.39. The number of aliphatic hydroxyl groups excluding tert-OH is 2. The lowest BCUT2D eigenvalue weighted by molar-refractivity contribution is -0.136. The fraction of sp³-hybridized carbons (Fsp3) is 0.818. The second-order valence-electron chi connectivity index (χ2n) is 4.73. The van der Waals surface area contributed by atoms with Crippen molar-refractivity contribution in [3.63, 3.8) is 0 Å². The predicted molar refractivity (Wildman–Crippen MR) is 56.3 cm³/mol. The van der Waals surface area contributed by atoms with Gasteiger partial charge in [-0.25, -0.2) is 0 Å². The van der Waals surface area contributed by atoms with E-state index >= 15 is 0 Å². The molecule has 0 saturated carbocycles. The van der Waals surface area contributed by atoms with E-state index in [1.807, 2.05) is 27.7 Å². The molecule has 0 spiro atoms. The van der Waals surface area contributed by atoms with Crippen LogP contribution in [0.15, 0.2) is 12.2 Å². The van der Waals surface area contributed by atoms with Gasteiger partial charge in [0.1, 0.15) is 6.10 Å². The molecular weight excluding hydrogens is 196 g/mol. The fourth-order valence-corrected chi connectivity index (χ4v) is 1.32. The summed E-state index contributed by atoms with van der Waals surface area (Å²) < 4.78 is 11.2. The van der Waals surface area contributed by atoms with Crippen LogP contribution in [0.2, 0.25) is 0 Å². The molecule has 1 atom stereocenters. The lowest BCUT2D eigenvalue weighted by Crippen LogP contribution is -2.41. The van der Waals surface area contributed by atoms with Crippen molar-refractivity contribution in [1.82, 2.24) is 0 Å². The third-order valence-corrected chi connectivity index (χ3v) is 2.99. The summed E-state index contributed by atoms with van der Waals surface area (Å²) in [6, 6.07) is 0. The Morgan fingerprint density at radius 2 is 1.67 bits per heavy atom. The molecule has 1 aliphatic rings. The first-order valence-electron chi connectivity index (χ1n) is 5.11. The van der Waals surface area contributed by atoms with Crippen LogP contribution in [0.5, 0.6) is 0 Å². The molecule has 88 valence electrons. The topological polar surface area (TPSA) is 58.9 Å². The molecule has 1 heterocycles. The molecule has 1 unspecified atom stereocenters. The summed E-state index contributed by atoms with van der Waals surface area (Å²) in [4.78, 5) is 0. The highest BCUT2D eigenvalue weighted by atomic mass is 16.8. The van der Waals surface area contributed by atoms with E-state index in [1.165, 1.54) is 12.2 Å². The highest BCUT2D eigenvalue weighted by Gasteiger charge is 2.50. The summed E-state index contributed by atoms with van der Waals surface area (Å²) in [5.41, 5.74) is -0.878. The van der Waals surface area contributed by atoms with Gasteiger partial charge in [0.05, 0.1) is 17.8 Å². The Balaban J connectivity index is 2.66. The molecule has 0 aliphatic carbocycles. The summed E-state index contributed by atoms with van der Waals surface area (Å²) in [7, 11) is 0. The number of aliphatic hydroxyl groups is 2. The van der Waals surface area contributed by atoms with Crippen molar-refractivity contribution >= 4 is 0 Å². The quantitative estimate of drug-likeness (QED) is 0.686. The lowest BCUT2D eigenvalue weighted by Gasteiger charge is -2.30. The average molecular weight is 216 g/mol. The zero-order chi connectivity index (χ0) is 11.7. The molecule has 0 bridgehead atoms. The van der Waals surface area contributed by atoms with Crippen LogP contribution in [-0.2, 0) is 9.47 Å². The van der Waals surface area contributed by atoms with Crippen molar-refractivity contribution in [1.29, 1.82) is 0 Å². The zero-order valence-corrected chi connectivity index (χ0v) is 9.73. The minimum Gasteiger partial charge on any atom is -0.392 e. The molecule has 2 N–H and O–H groups in total. The monoisotopic (exact) mass is 216 g/mol. The van der Waals surface area contributed by atoms with Crippen molar-refractivity contribution in [2.24, 2.45) is 0 Å². The molecule has 0 aromatic heterocycles. The van der Waals surface area contributed by atoms with E-state index in [0.717, 1.165) is 0 Å². The number of hydrogen-bond acceptors (Lipinski definition) is 4. The molecule has 4 nitrogen and oxygen atoms in total. The van der Waals surface area contributed by atoms with E-state index in [1.54, 1.807) is 0 Å². The maximum absolute atomic E-state index is 9.70. The van der Waals surface area contributed by atoms with Crippen LogP contribution in [0.25, 0.3) is 0 Å². The Morgan fingerprint density at radius 1 is 1.20 bits per heavy atom. The number of rotatable bonds is 3. The van der Waals surface area contributed by atoms with E-state index < -0.39 is 23.6 Å². The van der Waals surface area contributed by atoms with Crippen molar-refractivity contribution in [2.45, 2.75) is 51.3 Å². The Bertz CT molecular complexity index is 229. The smallest absolute Gasteiger partial charge is 0.188 e. The molecule has 0 aromatic carbocycles. The molecule has 0 radical (unpaired) electrons. The van der Waals surface area contributed by atoms with Crippen molar-refractivity contribution in [2.75, 3.05) is 6.61 Å². The number of hydrogen-bond donors (Lipinski definition) is 2. The molecule has 0 amide bonds. The van der Waals surface area contributed by atoms with Gasteiger partial charge in [-0.05, 0) is 27.7 Å². The summed E-state index contributed by atoms with van der Waals surface area (Å²) in [6.07, 6.45) is 1.42. The van der Waals surface area contributed by atoms with E-state index in [9.17, 15) is 5.11 Å². The first-order chi connectivity index (χ1) is 6.80. The standard InChI is InChI=1S/C11H20O4/c1-10(2)11(3,4)15-9(14-10)8(13)6-5-7-12/h5-6,8-9,12-13H,7H2,1-4H3. The van der Waals surface area contributed by atoms with Gasteiger partial charge in [0.15, 0.2) is 6.29 Å². The van der Waals surface area contributed by atoms with Gasteiger partial charge >= 0.3 is 0 Å². The Morgan fingerprint density at radius 3 is 2.07 bits per heavy atom. The normalized spacial score (nSPS) is 27.3. The Labute approximate surface area is 90.5 Å². The predicted octanol–water partition coefficient (Wildman–Crippen LogP) is 0.826. The van der Waals surface area contributed by atoms with Gasteiger partial charge in [0.2, 0.25) is 0 Å². The molecule has 1 fully saturated rings. The molecule has 1 rings (SSSR count). The van der Waals surface area contributed by atoms with Gasteiger partial charge in [-0.2, -0.15) is 0 Å². The van der Waals surface area contributed by atoms with Crippen molar-refractivity contribution in [3.8, 4) is 0 Å². The van der Waals surface area contributed by atoms with Gasteiger partial charge in [-0.1, -0.05) is 12.2 Å². The minimum absolute atomic E-state index is 0.101. The van der Waals surface area contributed by atoms with Crippen LogP contribution in [0.3, 0.4) is 0 Å². The van der Waals surface area contributed by atoms with Crippen LogP contribution in [0, 0.1) is 0 Å². The van der Waals surface area contributed by atoms with Crippen LogP contribution in [-0.4, -0.2) is 40.4 Å². The van der Waals surface area contributed by atoms with Gasteiger partial charge in [0, 0.05) is 0 Å². The molecule has 4 heteroatoms. The largest absolute Gasteiger partial charge is 0.392 e. The second-order valence-corrected chi connectivity index (χ2v) is 4.73. The summed E-state index contributed by atoms with van der Waals surface area (Å²) in [6.45, 7) is 7.60. The molecule has 15 heavy (non-hydrogen) atoms.